The fourth-order valence-electron chi connectivity index (χ4n) is 2.72. The molecule has 2 heterocycles. The molecule has 0 spiro atoms. The minimum Gasteiger partial charge on any atom is -0.385 e. The molecule has 1 fully saturated rings. The second-order valence-electron chi connectivity index (χ2n) is 5.35. The number of methoxy groups -OCH3 is 1. The summed E-state index contributed by atoms with van der Waals surface area (Å²) < 4.78 is 5.10. The predicted octanol–water partition coefficient (Wildman–Crippen LogP) is 2.48. The quantitative estimate of drug-likeness (QED) is 0.459. The zero-order valence-electron chi connectivity index (χ0n) is 12.7. The van der Waals surface area contributed by atoms with Gasteiger partial charge in [0.2, 0.25) is 0 Å². The summed E-state index contributed by atoms with van der Waals surface area (Å²) in [6.45, 7) is 2.48. The minimum absolute atomic E-state index is 0.0547. The molecule has 6 heteroatoms. The third-order valence-corrected chi connectivity index (χ3v) is 4.40. The van der Waals surface area contributed by atoms with Crippen LogP contribution in [0.5, 0.6) is 0 Å². The van der Waals surface area contributed by atoms with E-state index in [4.69, 9.17) is 4.74 Å². The predicted molar refractivity (Wildman–Crippen MR) is 83.6 cm³/mol. The van der Waals surface area contributed by atoms with E-state index < -0.39 is 0 Å². The number of hydrogen-bond acceptors (Lipinski definition) is 5. The summed E-state index contributed by atoms with van der Waals surface area (Å²) >= 11 is 1.48. The number of likely N-dealkylation sites (tertiary alicyclic amines) is 1. The van der Waals surface area contributed by atoms with Crippen LogP contribution < -0.4 is 0 Å². The summed E-state index contributed by atoms with van der Waals surface area (Å²) in [6, 6.07) is 0. The molecule has 0 saturated carbocycles. The normalized spacial score (nSPS) is 18.8. The van der Waals surface area contributed by atoms with Crippen LogP contribution in [0.25, 0.3) is 0 Å². The van der Waals surface area contributed by atoms with E-state index in [-0.39, 0.29) is 5.91 Å². The van der Waals surface area contributed by atoms with Gasteiger partial charge in [-0.1, -0.05) is 11.8 Å². The Hall–Kier alpha value is -1.14. The van der Waals surface area contributed by atoms with Crippen molar-refractivity contribution in [1.82, 2.24) is 14.9 Å². The lowest BCUT2D eigenvalue weighted by Crippen LogP contribution is -2.40. The Morgan fingerprint density at radius 2 is 2.24 bits per heavy atom. The number of ether oxygens (including phenoxy) is 1. The van der Waals surface area contributed by atoms with Gasteiger partial charge in [-0.2, -0.15) is 0 Å². The van der Waals surface area contributed by atoms with Crippen LogP contribution in [0.2, 0.25) is 0 Å². The highest BCUT2D eigenvalue weighted by Crippen LogP contribution is 2.22. The van der Waals surface area contributed by atoms with Gasteiger partial charge in [-0.05, 0) is 37.9 Å². The van der Waals surface area contributed by atoms with Gasteiger partial charge >= 0.3 is 0 Å². The van der Waals surface area contributed by atoms with E-state index in [1.165, 1.54) is 18.2 Å². The van der Waals surface area contributed by atoms with Gasteiger partial charge in [0.1, 0.15) is 0 Å². The number of carbonyl (C=O) groups excluding carboxylic acids is 1. The third-order valence-electron chi connectivity index (χ3n) is 3.82. The SMILES string of the molecule is COCCC[C@H]1CCCN(C(=O)c2cnc(SC)nc2)C1. The zero-order chi connectivity index (χ0) is 15.1. The largest absolute Gasteiger partial charge is 0.385 e. The van der Waals surface area contributed by atoms with Crippen molar-refractivity contribution in [2.75, 3.05) is 33.1 Å². The van der Waals surface area contributed by atoms with Crippen molar-refractivity contribution in [3.63, 3.8) is 0 Å². The molecule has 0 unspecified atom stereocenters. The van der Waals surface area contributed by atoms with Crippen molar-refractivity contribution >= 4 is 17.7 Å². The van der Waals surface area contributed by atoms with Crippen molar-refractivity contribution in [2.45, 2.75) is 30.8 Å². The molecule has 0 aromatic carbocycles. The molecule has 0 N–H and O–H groups in total. The fraction of sp³-hybridized carbons (Fsp3) is 0.667. The number of nitrogens with zero attached hydrogens (tertiary/aromatic N) is 3. The van der Waals surface area contributed by atoms with Crippen molar-refractivity contribution in [2.24, 2.45) is 5.92 Å². The topological polar surface area (TPSA) is 55.3 Å². The maximum Gasteiger partial charge on any atom is 0.257 e. The Labute approximate surface area is 130 Å². The molecule has 1 saturated heterocycles. The summed E-state index contributed by atoms with van der Waals surface area (Å²) in [6.07, 6.45) is 9.66. The summed E-state index contributed by atoms with van der Waals surface area (Å²) in [4.78, 5) is 22.8. The van der Waals surface area contributed by atoms with Gasteiger partial charge in [0.15, 0.2) is 5.16 Å². The van der Waals surface area contributed by atoms with E-state index in [2.05, 4.69) is 9.97 Å². The van der Waals surface area contributed by atoms with E-state index >= 15 is 0 Å². The number of piperidine rings is 1. The van der Waals surface area contributed by atoms with Crippen LogP contribution in [0.1, 0.15) is 36.0 Å². The van der Waals surface area contributed by atoms with E-state index in [0.717, 1.165) is 39.0 Å². The van der Waals surface area contributed by atoms with E-state index in [1.807, 2.05) is 11.2 Å². The molecule has 21 heavy (non-hydrogen) atoms. The Morgan fingerprint density at radius 3 is 2.90 bits per heavy atom. The number of rotatable bonds is 6. The Kier molecular flexibility index (Phi) is 6.45. The maximum atomic E-state index is 12.5. The Morgan fingerprint density at radius 1 is 1.48 bits per heavy atom. The number of hydrogen-bond donors (Lipinski definition) is 0. The smallest absolute Gasteiger partial charge is 0.257 e. The van der Waals surface area contributed by atoms with Gasteiger partial charge in [0.05, 0.1) is 5.56 Å². The molecule has 0 aliphatic carbocycles. The van der Waals surface area contributed by atoms with E-state index in [9.17, 15) is 4.79 Å². The number of aromatic nitrogens is 2. The van der Waals surface area contributed by atoms with Crippen molar-refractivity contribution in [3.05, 3.63) is 18.0 Å². The van der Waals surface area contributed by atoms with Gasteiger partial charge in [0, 0.05) is 39.2 Å². The number of thioether (sulfide) groups is 1. The van der Waals surface area contributed by atoms with Gasteiger partial charge in [-0.15, -0.1) is 0 Å². The first-order valence-corrected chi connectivity index (χ1v) is 8.61. The molecule has 1 aliphatic rings. The van der Waals surface area contributed by atoms with Crippen LogP contribution >= 0.6 is 11.8 Å². The highest BCUT2D eigenvalue weighted by molar-refractivity contribution is 7.98. The van der Waals surface area contributed by atoms with E-state index in [0.29, 0.717) is 16.6 Å². The molecular formula is C15H23N3O2S. The molecule has 1 amide bonds. The van der Waals surface area contributed by atoms with E-state index in [1.54, 1.807) is 19.5 Å². The van der Waals surface area contributed by atoms with Crippen molar-refractivity contribution in [3.8, 4) is 0 Å². The van der Waals surface area contributed by atoms with Crippen LogP contribution in [0.4, 0.5) is 0 Å². The molecule has 1 aromatic rings. The van der Waals surface area contributed by atoms with Gasteiger partial charge in [-0.3, -0.25) is 4.79 Å². The van der Waals surface area contributed by atoms with Gasteiger partial charge < -0.3 is 9.64 Å². The number of amides is 1. The monoisotopic (exact) mass is 309 g/mol. The summed E-state index contributed by atoms with van der Waals surface area (Å²) in [5, 5.41) is 0.697. The minimum atomic E-state index is 0.0547. The second kappa shape index (κ2) is 8.34. The molecule has 0 bridgehead atoms. The zero-order valence-corrected chi connectivity index (χ0v) is 13.6. The van der Waals surface area contributed by atoms with Crippen LogP contribution in [-0.4, -0.2) is 53.8 Å². The lowest BCUT2D eigenvalue weighted by Gasteiger charge is -2.32. The third kappa shape index (κ3) is 4.68. The Balaban J connectivity index is 1.91. The molecular weight excluding hydrogens is 286 g/mol. The molecule has 1 atom stereocenters. The first-order chi connectivity index (χ1) is 10.2. The van der Waals surface area contributed by atoms with Crippen molar-refractivity contribution < 1.29 is 9.53 Å². The second-order valence-corrected chi connectivity index (χ2v) is 6.13. The average Bonchev–Trinajstić information content (AvgIpc) is 2.55. The van der Waals surface area contributed by atoms with Crippen LogP contribution in [-0.2, 0) is 4.74 Å². The lowest BCUT2D eigenvalue weighted by atomic mass is 9.93. The van der Waals surface area contributed by atoms with Crippen LogP contribution in [0, 0.1) is 5.92 Å². The molecule has 2 rings (SSSR count). The molecule has 0 radical (unpaired) electrons. The summed E-state index contributed by atoms with van der Waals surface area (Å²) in [5.74, 6) is 0.642. The molecule has 5 nitrogen and oxygen atoms in total. The highest BCUT2D eigenvalue weighted by atomic mass is 32.2. The lowest BCUT2D eigenvalue weighted by molar-refractivity contribution is 0.0659. The van der Waals surface area contributed by atoms with Crippen LogP contribution in [0.15, 0.2) is 17.6 Å². The number of carbonyl (C=O) groups is 1. The molecule has 1 aliphatic heterocycles. The molecule has 1 aromatic heterocycles. The van der Waals surface area contributed by atoms with Gasteiger partial charge in [-0.25, -0.2) is 9.97 Å². The Bertz CT molecular complexity index is 453. The van der Waals surface area contributed by atoms with Gasteiger partial charge in [0.25, 0.3) is 5.91 Å². The summed E-state index contributed by atoms with van der Waals surface area (Å²) in [5.41, 5.74) is 0.588. The van der Waals surface area contributed by atoms with Crippen LogP contribution in [0.3, 0.4) is 0 Å². The fourth-order valence-corrected chi connectivity index (χ4v) is 3.03. The first kappa shape index (κ1) is 16.2. The van der Waals surface area contributed by atoms with Crippen molar-refractivity contribution in [1.29, 1.82) is 0 Å². The summed E-state index contributed by atoms with van der Waals surface area (Å²) in [7, 11) is 1.73. The molecule has 116 valence electrons. The highest BCUT2D eigenvalue weighted by Gasteiger charge is 2.24. The first-order valence-electron chi connectivity index (χ1n) is 7.39. The maximum absolute atomic E-state index is 12.5. The average molecular weight is 309 g/mol. The standard InChI is InChI=1S/C15H23N3O2S/c1-20-8-4-6-12-5-3-7-18(11-12)14(19)13-9-16-15(21-2)17-10-13/h9-10,12H,3-8,11H2,1-2H3/t12-/m1/s1.